The van der Waals surface area contributed by atoms with Crippen LogP contribution in [0.1, 0.15) is 56.2 Å². The molecule has 0 spiro atoms. The van der Waals surface area contributed by atoms with Crippen molar-refractivity contribution < 1.29 is 4.79 Å². The summed E-state index contributed by atoms with van der Waals surface area (Å²) in [4.78, 5) is 19.1. The highest BCUT2D eigenvalue weighted by Gasteiger charge is 2.50. The maximum absolute atomic E-state index is 13.3. The number of aromatic nitrogens is 1. The number of thiazole rings is 1. The van der Waals surface area contributed by atoms with E-state index < -0.39 is 5.41 Å². The highest BCUT2D eigenvalue weighted by molar-refractivity contribution is 7.16. The van der Waals surface area contributed by atoms with E-state index in [0.29, 0.717) is 16.7 Å². The van der Waals surface area contributed by atoms with Crippen LogP contribution in [0.15, 0.2) is 41.5 Å². The van der Waals surface area contributed by atoms with Crippen molar-refractivity contribution >= 4 is 28.7 Å². The van der Waals surface area contributed by atoms with Gasteiger partial charge in [-0.05, 0) is 23.8 Å². The van der Waals surface area contributed by atoms with Crippen LogP contribution in [-0.4, -0.2) is 10.8 Å². The molecular weight excluding hydrogens is 350 g/mol. The number of hydrogen-bond donors (Lipinski definition) is 0. The Morgan fingerprint density at radius 1 is 1.20 bits per heavy atom. The average Bonchev–Trinajstić information content (AvgIpc) is 2.92. The van der Waals surface area contributed by atoms with Gasteiger partial charge in [0, 0.05) is 23.3 Å². The number of carbonyl (C=O) groups is 1. The van der Waals surface area contributed by atoms with Crippen molar-refractivity contribution in [1.29, 1.82) is 0 Å². The number of Topliss-reactive ketones (excluding diaryl/α,β-unsaturated/α-hetero) is 1. The number of allylic oxidation sites excluding steroid dienone is 2. The van der Waals surface area contributed by atoms with Gasteiger partial charge >= 0.3 is 0 Å². The first-order chi connectivity index (χ1) is 11.9. The molecule has 0 unspecified atom stereocenters. The maximum atomic E-state index is 13.3. The zero-order valence-electron chi connectivity index (χ0n) is 14.9. The number of hydrogen-bond acceptors (Lipinski definition) is 3. The quantitative estimate of drug-likeness (QED) is 0.674. The summed E-state index contributed by atoms with van der Waals surface area (Å²) in [5.41, 5.74) is 4.14. The number of ketones is 1. The molecule has 0 bridgehead atoms. The molecule has 4 rings (SSSR count). The second kappa shape index (κ2) is 5.78. The van der Waals surface area contributed by atoms with E-state index in [9.17, 15) is 4.79 Å². The van der Waals surface area contributed by atoms with Crippen LogP contribution < -0.4 is 0 Å². The van der Waals surface area contributed by atoms with Crippen LogP contribution in [0, 0.1) is 5.41 Å². The SMILES string of the molecule is CC[C@]1(c2ccccc2)C2=C(Cc3nc(Cl)sc31)CC(C)(C)CC2=O. The Balaban J connectivity index is 2.04. The molecule has 1 aromatic heterocycles. The maximum Gasteiger partial charge on any atom is 0.184 e. The van der Waals surface area contributed by atoms with E-state index in [1.807, 2.05) is 6.07 Å². The van der Waals surface area contributed by atoms with Gasteiger partial charge in [-0.2, -0.15) is 0 Å². The number of halogens is 1. The van der Waals surface area contributed by atoms with Gasteiger partial charge in [-0.25, -0.2) is 4.98 Å². The summed E-state index contributed by atoms with van der Waals surface area (Å²) in [6.07, 6.45) is 3.17. The molecule has 2 aliphatic carbocycles. The van der Waals surface area contributed by atoms with E-state index in [4.69, 9.17) is 11.6 Å². The summed E-state index contributed by atoms with van der Waals surface area (Å²) >= 11 is 7.86. The molecule has 25 heavy (non-hydrogen) atoms. The molecule has 0 fully saturated rings. The molecule has 0 N–H and O–H groups in total. The average molecular weight is 372 g/mol. The Kier molecular flexibility index (Phi) is 3.93. The molecule has 2 aliphatic rings. The number of benzene rings is 1. The van der Waals surface area contributed by atoms with Gasteiger partial charge in [0.25, 0.3) is 0 Å². The van der Waals surface area contributed by atoms with Crippen molar-refractivity contribution in [1.82, 2.24) is 4.98 Å². The Hall–Kier alpha value is -1.45. The largest absolute Gasteiger partial charge is 0.294 e. The molecule has 0 saturated heterocycles. The Labute approximate surface area is 157 Å². The minimum Gasteiger partial charge on any atom is -0.294 e. The fourth-order valence-electron chi connectivity index (χ4n) is 4.77. The summed E-state index contributed by atoms with van der Waals surface area (Å²) in [6.45, 7) is 6.55. The molecule has 0 aliphatic heterocycles. The van der Waals surface area contributed by atoms with Crippen molar-refractivity contribution in [2.45, 2.75) is 51.9 Å². The molecule has 4 heteroatoms. The van der Waals surface area contributed by atoms with E-state index in [-0.39, 0.29) is 5.41 Å². The lowest BCUT2D eigenvalue weighted by molar-refractivity contribution is -0.118. The summed E-state index contributed by atoms with van der Waals surface area (Å²) < 4.78 is 0.574. The second-order valence-corrected chi connectivity index (χ2v) is 9.55. The molecule has 1 aromatic carbocycles. The molecular formula is C21H22ClNOS. The van der Waals surface area contributed by atoms with Gasteiger partial charge in [0.05, 0.1) is 11.1 Å². The zero-order valence-corrected chi connectivity index (χ0v) is 16.4. The number of nitrogens with zero attached hydrogens (tertiary/aromatic N) is 1. The molecule has 2 aromatic rings. The third-order valence-corrected chi connectivity index (χ3v) is 6.99. The lowest BCUT2D eigenvalue weighted by Crippen LogP contribution is -2.41. The molecule has 1 heterocycles. The summed E-state index contributed by atoms with van der Waals surface area (Å²) in [6, 6.07) is 10.4. The van der Waals surface area contributed by atoms with Crippen LogP contribution in [0.3, 0.4) is 0 Å². The van der Waals surface area contributed by atoms with Crippen LogP contribution in [0.4, 0.5) is 0 Å². The van der Waals surface area contributed by atoms with E-state index in [0.717, 1.165) is 35.4 Å². The Bertz CT molecular complexity index is 881. The van der Waals surface area contributed by atoms with E-state index in [1.54, 1.807) is 11.3 Å². The second-order valence-electron chi connectivity index (χ2n) is 7.96. The minimum atomic E-state index is -0.400. The Morgan fingerprint density at radius 3 is 2.60 bits per heavy atom. The molecule has 0 amide bonds. The lowest BCUT2D eigenvalue weighted by atomic mass is 9.59. The number of rotatable bonds is 2. The van der Waals surface area contributed by atoms with Crippen molar-refractivity contribution in [2.24, 2.45) is 5.41 Å². The molecule has 2 nitrogen and oxygen atoms in total. The van der Waals surface area contributed by atoms with Crippen LogP contribution in [0.2, 0.25) is 4.47 Å². The highest BCUT2D eigenvalue weighted by atomic mass is 35.5. The molecule has 0 radical (unpaired) electrons. The summed E-state index contributed by atoms with van der Waals surface area (Å²) in [5.74, 6) is 0.298. The summed E-state index contributed by atoms with van der Waals surface area (Å²) in [5, 5.41) is 0. The highest BCUT2D eigenvalue weighted by Crippen LogP contribution is 2.55. The van der Waals surface area contributed by atoms with Gasteiger partial charge in [-0.15, -0.1) is 11.3 Å². The normalized spacial score (nSPS) is 24.9. The van der Waals surface area contributed by atoms with E-state index in [2.05, 4.69) is 50.0 Å². The van der Waals surface area contributed by atoms with Gasteiger partial charge in [0.15, 0.2) is 10.3 Å². The van der Waals surface area contributed by atoms with Gasteiger partial charge in [0.1, 0.15) is 0 Å². The number of fused-ring (bicyclic) bond motifs is 1. The van der Waals surface area contributed by atoms with Gasteiger partial charge in [-0.3, -0.25) is 4.79 Å². The van der Waals surface area contributed by atoms with Crippen molar-refractivity contribution in [3.63, 3.8) is 0 Å². The van der Waals surface area contributed by atoms with Crippen LogP contribution in [0.25, 0.3) is 0 Å². The van der Waals surface area contributed by atoms with Crippen molar-refractivity contribution in [3.8, 4) is 0 Å². The van der Waals surface area contributed by atoms with E-state index in [1.165, 1.54) is 11.1 Å². The van der Waals surface area contributed by atoms with E-state index >= 15 is 0 Å². The Morgan fingerprint density at radius 2 is 1.92 bits per heavy atom. The zero-order chi connectivity index (χ0) is 17.8. The third kappa shape index (κ3) is 2.51. The smallest absolute Gasteiger partial charge is 0.184 e. The first kappa shape index (κ1) is 17.0. The van der Waals surface area contributed by atoms with Gasteiger partial charge in [0.2, 0.25) is 0 Å². The molecule has 130 valence electrons. The predicted molar refractivity (Wildman–Crippen MR) is 103 cm³/mol. The lowest BCUT2D eigenvalue weighted by Gasteiger charge is -2.44. The minimum absolute atomic E-state index is 0.0173. The molecule has 1 atom stereocenters. The predicted octanol–water partition coefficient (Wildman–Crippen LogP) is 5.73. The van der Waals surface area contributed by atoms with Crippen molar-refractivity contribution in [2.75, 3.05) is 0 Å². The first-order valence-electron chi connectivity index (χ1n) is 8.84. The van der Waals surface area contributed by atoms with Gasteiger partial charge < -0.3 is 0 Å². The van der Waals surface area contributed by atoms with Crippen LogP contribution in [0.5, 0.6) is 0 Å². The summed E-state index contributed by atoms with van der Waals surface area (Å²) in [7, 11) is 0. The topological polar surface area (TPSA) is 30.0 Å². The monoisotopic (exact) mass is 371 g/mol. The third-order valence-electron chi connectivity index (χ3n) is 5.63. The fraction of sp³-hybridized carbons (Fsp3) is 0.429. The van der Waals surface area contributed by atoms with Gasteiger partial charge in [-0.1, -0.05) is 68.3 Å². The number of carbonyl (C=O) groups excluding carboxylic acids is 1. The van der Waals surface area contributed by atoms with Crippen molar-refractivity contribution in [3.05, 3.63) is 62.1 Å². The standard InChI is InChI=1S/C21H22ClNOS/c1-4-21(14-8-6-5-7-9-14)17-13(11-20(2,3)12-16(17)24)10-15-18(21)25-19(22)23-15/h5-9H,4,10-12H2,1-3H3/t21-/m0/s1. The van der Waals surface area contributed by atoms with Crippen LogP contribution in [-0.2, 0) is 16.6 Å². The molecule has 0 saturated carbocycles. The first-order valence-corrected chi connectivity index (χ1v) is 10.0. The van der Waals surface area contributed by atoms with Crippen LogP contribution >= 0.6 is 22.9 Å². The fourth-order valence-corrected chi connectivity index (χ4v) is 6.20.